The zero-order valence-corrected chi connectivity index (χ0v) is 28.5. The van der Waals surface area contributed by atoms with Crippen molar-refractivity contribution in [3.05, 3.63) is 144 Å². The summed E-state index contributed by atoms with van der Waals surface area (Å²) in [7, 11) is 0. The van der Waals surface area contributed by atoms with E-state index in [1.54, 1.807) is 91.0 Å². The second-order valence-electron chi connectivity index (χ2n) is 10.6. The number of aliphatic hydroxyl groups excluding tert-OH is 1. The van der Waals surface area contributed by atoms with E-state index in [0.29, 0.717) is 11.5 Å². The lowest BCUT2D eigenvalue weighted by molar-refractivity contribution is -0.132. The minimum absolute atomic E-state index is 0.163. The monoisotopic (exact) mass is 688 g/mol. The molecule has 0 fully saturated rings. The molecule has 0 saturated carbocycles. The summed E-state index contributed by atoms with van der Waals surface area (Å²) in [5, 5.41) is 12.0. The Balaban J connectivity index is 1.78. The molecule has 0 spiro atoms. The molecule has 48 heavy (non-hydrogen) atoms. The highest BCUT2D eigenvalue weighted by Gasteiger charge is 2.45. The first-order valence-corrected chi connectivity index (χ1v) is 17.8. The van der Waals surface area contributed by atoms with Crippen molar-refractivity contribution >= 4 is 41.4 Å². The van der Waals surface area contributed by atoms with Crippen molar-refractivity contribution in [1.82, 2.24) is 0 Å². The van der Waals surface area contributed by atoms with Gasteiger partial charge in [0.25, 0.3) is 0 Å². The molecular formula is C38H40O8S2. The van der Waals surface area contributed by atoms with Gasteiger partial charge in [-0.3, -0.25) is 0 Å². The van der Waals surface area contributed by atoms with Crippen molar-refractivity contribution in [3.8, 4) is 0 Å². The van der Waals surface area contributed by atoms with E-state index in [1.165, 1.54) is 23.5 Å². The van der Waals surface area contributed by atoms with E-state index in [2.05, 4.69) is 0 Å². The Morgan fingerprint density at radius 1 is 0.583 bits per heavy atom. The molecule has 0 unspecified atom stereocenters. The van der Waals surface area contributed by atoms with Gasteiger partial charge >= 0.3 is 17.9 Å². The van der Waals surface area contributed by atoms with E-state index >= 15 is 0 Å². The van der Waals surface area contributed by atoms with Crippen LogP contribution in [0.2, 0.25) is 0 Å². The van der Waals surface area contributed by atoms with Crippen molar-refractivity contribution in [2.24, 2.45) is 0 Å². The van der Waals surface area contributed by atoms with Crippen LogP contribution in [0.3, 0.4) is 0 Å². The zero-order chi connectivity index (χ0) is 34.1. The maximum Gasteiger partial charge on any atom is 0.338 e. The molecule has 0 aliphatic rings. The van der Waals surface area contributed by atoms with E-state index in [9.17, 15) is 19.5 Å². The molecule has 0 radical (unpaired) electrons. The summed E-state index contributed by atoms with van der Waals surface area (Å²) in [5.74, 6) is -0.861. The Morgan fingerprint density at radius 3 is 1.42 bits per heavy atom. The molecular weight excluding hydrogens is 649 g/mol. The fourth-order valence-corrected chi connectivity index (χ4v) is 7.35. The lowest BCUT2D eigenvalue weighted by Gasteiger charge is -2.37. The minimum atomic E-state index is -1.47. The first-order chi connectivity index (χ1) is 23.4. The molecule has 1 N–H and O–H groups in total. The highest BCUT2D eigenvalue weighted by atomic mass is 32.2. The quantitative estimate of drug-likeness (QED) is 0.0662. The molecule has 4 rings (SSSR count). The molecule has 0 saturated heterocycles. The zero-order valence-electron chi connectivity index (χ0n) is 26.9. The topological polar surface area (TPSA) is 108 Å². The van der Waals surface area contributed by atoms with Crippen LogP contribution in [0.1, 0.15) is 50.5 Å². The Morgan fingerprint density at radius 2 is 0.979 bits per heavy atom. The first kappa shape index (κ1) is 36.7. The number of carbonyl (C=O) groups excluding carboxylic acids is 3. The lowest BCUT2D eigenvalue weighted by Crippen LogP contribution is -2.54. The maximum atomic E-state index is 13.7. The number of ether oxygens (including phenoxy) is 4. The van der Waals surface area contributed by atoms with E-state index in [4.69, 9.17) is 18.9 Å². The highest BCUT2D eigenvalue weighted by molar-refractivity contribution is 8.17. The average molecular weight is 689 g/mol. The summed E-state index contributed by atoms with van der Waals surface area (Å²) in [5.41, 5.74) is 1.60. The van der Waals surface area contributed by atoms with Crippen LogP contribution in [0, 0.1) is 0 Å². The fourth-order valence-electron chi connectivity index (χ4n) is 4.79. The van der Waals surface area contributed by atoms with Crippen molar-refractivity contribution in [2.75, 3.05) is 18.1 Å². The van der Waals surface area contributed by atoms with Crippen molar-refractivity contribution < 1.29 is 38.4 Å². The maximum absolute atomic E-state index is 13.7. The van der Waals surface area contributed by atoms with Gasteiger partial charge in [0, 0.05) is 0 Å². The summed E-state index contributed by atoms with van der Waals surface area (Å²) in [6.45, 7) is 3.84. The fraction of sp³-hybridized carbons (Fsp3) is 0.289. The van der Waals surface area contributed by atoms with E-state index in [1.807, 2.05) is 44.2 Å². The van der Waals surface area contributed by atoms with Crippen LogP contribution < -0.4 is 0 Å². The smallest absolute Gasteiger partial charge is 0.338 e. The van der Waals surface area contributed by atoms with Crippen LogP contribution in [0.5, 0.6) is 0 Å². The molecule has 0 aromatic heterocycles. The molecule has 0 aliphatic carbocycles. The molecule has 4 aromatic carbocycles. The number of thioether (sulfide) groups is 2. The normalized spacial score (nSPS) is 13.6. The third-order valence-corrected chi connectivity index (χ3v) is 9.83. The first-order valence-electron chi connectivity index (χ1n) is 15.7. The van der Waals surface area contributed by atoms with Gasteiger partial charge in [0.2, 0.25) is 0 Å². The van der Waals surface area contributed by atoms with Gasteiger partial charge in [-0.1, -0.05) is 98.8 Å². The van der Waals surface area contributed by atoms with Crippen molar-refractivity contribution in [1.29, 1.82) is 0 Å². The Hall–Kier alpha value is -4.09. The van der Waals surface area contributed by atoms with Crippen LogP contribution in [0.4, 0.5) is 0 Å². The molecule has 8 nitrogen and oxygen atoms in total. The number of aliphatic hydroxyl groups is 1. The van der Waals surface area contributed by atoms with Crippen LogP contribution in [-0.2, 0) is 25.6 Å². The van der Waals surface area contributed by atoms with Crippen LogP contribution in [0.25, 0.3) is 0 Å². The standard InChI is InChI=1S/C38H40O8S2/c1-3-47-38(48-4-2)32(39)34(46-37(42)30-23-15-8-16-24-30)33(45-36(41)29-21-13-7-14-22-29)31(26-43-25-27-17-9-5-10-18-27)44-35(40)28-19-11-6-12-20-28/h5-24,31-34,38-39H,3-4,25-26H2,1-2H3/t31-,32+,33-,34-/m1/s1. The molecule has 252 valence electrons. The summed E-state index contributed by atoms with van der Waals surface area (Å²) < 4.78 is 23.8. The molecule has 0 heterocycles. The summed E-state index contributed by atoms with van der Waals surface area (Å²) >= 11 is 2.95. The molecule has 0 bridgehead atoms. The van der Waals surface area contributed by atoms with E-state index in [0.717, 1.165) is 5.56 Å². The predicted molar refractivity (Wildman–Crippen MR) is 189 cm³/mol. The van der Waals surface area contributed by atoms with Gasteiger partial charge in [0.05, 0.1) is 34.5 Å². The number of esters is 3. The minimum Gasteiger partial charge on any atom is -0.452 e. The average Bonchev–Trinajstić information content (AvgIpc) is 3.13. The molecule has 4 aromatic rings. The Bertz CT molecular complexity index is 1530. The van der Waals surface area contributed by atoms with Crippen LogP contribution in [-0.4, -0.2) is 70.1 Å². The lowest BCUT2D eigenvalue weighted by atomic mass is 10.0. The number of carbonyl (C=O) groups is 3. The second kappa shape index (κ2) is 19.7. The van der Waals surface area contributed by atoms with Gasteiger partial charge in [0.15, 0.2) is 18.3 Å². The van der Waals surface area contributed by atoms with Gasteiger partial charge in [-0.25, -0.2) is 14.4 Å². The van der Waals surface area contributed by atoms with Gasteiger partial charge in [-0.05, 0) is 53.5 Å². The Labute approximate surface area is 290 Å². The van der Waals surface area contributed by atoms with Gasteiger partial charge in [-0.2, -0.15) is 0 Å². The van der Waals surface area contributed by atoms with E-state index < -0.39 is 46.9 Å². The molecule has 10 heteroatoms. The van der Waals surface area contributed by atoms with Gasteiger partial charge in [-0.15, -0.1) is 23.5 Å². The molecule has 4 atom stereocenters. The van der Waals surface area contributed by atoms with Crippen molar-refractivity contribution in [2.45, 2.75) is 49.5 Å². The summed E-state index contributed by atoms with van der Waals surface area (Å²) in [6.07, 6.45) is -5.56. The number of benzene rings is 4. The van der Waals surface area contributed by atoms with Gasteiger partial charge < -0.3 is 24.1 Å². The third kappa shape index (κ3) is 11.0. The van der Waals surface area contributed by atoms with Crippen LogP contribution in [0.15, 0.2) is 121 Å². The summed E-state index contributed by atoms with van der Waals surface area (Å²) in [4.78, 5) is 40.8. The van der Waals surface area contributed by atoms with Crippen LogP contribution >= 0.6 is 23.5 Å². The number of hydrogen-bond acceptors (Lipinski definition) is 10. The molecule has 0 amide bonds. The number of rotatable bonds is 18. The largest absolute Gasteiger partial charge is 0.452 e. The van der Waals surface area contributed by atoms with E-state index in [-0.39, 0.29) is 29.9 Å². The van der Waals surface area contributed by atoms with Crippen molar-refractivity contribution in [3.63, 3.8) is 0 Å². The highest BCUT2D eigenvalue weighted by Crippen LogP contribution is 2.32. The molecule has 0 aliphatic heterocycles. The predicted octanol–water partition coefficient (Wildman–Crippen LogP) is 7.07. The second-order valence-corrected chi connectivity index (χ2v) is 13.7. The van der Waals surface area contributed by atoms with Gasteiger partial charge in [0.1, 0.15) is 6.10 Å². The number of hydrogen-bond donors (Lipinski definition) is 1. The summed E-state index contributed by atoms with van der Waals surface area (Å²) in [6, 6.07) is 34.4. The third-order valence-electron chi connectivity index (χ3n) is 7.13. The SMILES string of the molecule is CCSC(SCC)[C@@H](O)[C@@H](OC(=O)c1ccccc1)[C@H](OC(=O)c1ccccc1)[C@@H](COCc1ccccc1)OC(=O)c1ccccc1. The Kier molecular flexibility index (Phi) is 15.1.